The van der Waals surface area contributed by atoms with Crippen molar-refractivity contribution in [2.24, 2.45) is 12.0 Å². The van der Waals surface area contributed by atoms with E-state index in [0.29, 0.717) is 33.3 Å². The first-order valence-corrected chi connectivity index (χ1v) is 13.5. The SMILES string of the molecule is CN=Cc1cc(NC(=O)C(Cc2cnn(C)c2)N2CC(=O)N(c3cc(Cl)ccc3-n3cc(Cl)nn3)CC2=O)ccc1N. The standard InChI is InChI=1S/C27H26Cl2N10O3/c1-31-11-17-8-19(4-5-20(17)30)33-27(42)23(7-16-10-32-36(2)12-16)38-15-25(40)37(14-26(38)41)22-9-18(28)3-6-21(22)39-13-24(29)34-35-39/h3-6,8-13,23H,7,14-15,30H2,1-2H3,(H,33,42). The third kappa shape index (κ3) is 6.11. The Morgan fingerprint density at radius 2 is 1.93 bits per heavy atom. The second kappa shape index (κ2) is 12.0. The van der Waals surface area contributed by atoms with E-state index in [2.05, 4.69) is 25.7 Å². The van der Waals surface area contributed by atoms with Gasteiger partial charge in [0.2, 0.25) is 17.7 Å². The molecular formula is C27H26Cl2N10O3. The highest BCUT2D eigenvalue weighted by Crippen LogP contribution is 2.30. The summed E-state index contributed by atoms with van der Waals surface area (Å²) in [5.74, 6) is -1.32. The maximum Gasteiger partial charge on any atom is 0.247 e. The molecule has 42 heavy (non-hydrogen) atoms. The van der Waals surface area contributed by atoms with E-state index in [1.807, 2.05) is 0 Å². The van der Waals surface area contributed by atoms with E-state index in [-0.39, 0.29) is 24.7 Å². The number of aromatic nitrogens is 5. The summed E-state index contributed by atoms with van der Waals surface area (Å²) in [6, 6.07) is 8.82. The second-order valence-electron chi connectivity index (χ2n) is 9.58. The monoisotopic (exact) mass is 608 g/mol. The highest BCUT2D eigenvalue weighted by atomic mass is 35.5. The van der Waals surface area contributed by atoms with Crippen LogP contribution in [-0.4, -0.2) is 79.8 Å². The van der Waals surface area contributed by atoms with Gasteiger partial charge in [-0.25, -0.2) is 4.68 Å². The van der Waals surface area contributed by atoms with E-state index in [9.17, 15) is 14.4 Å². The Morgan fingerprint density at radius 3 is 2.62 bits per heavy atom. The van der Waals surface area contributed by atoms with Gasteiger partial charge in [-0.1, -0.05) is 28.4 Å². The van der Waals surface area contributed by atoms with Crippen molar-refractivity contribution in [3.63, 3.8) is 0 Å². The minimum Gasteiger partial charge on any atom is -0.398 e. The van der Waals surface area contributed by atoms with Crippen LogP contribution in [0, 0.1) is 0 Å². The lowest BCUT2D eigenvalue weighted by atomic mass is 10.0. The van der Waals surface area contributed by atoms with Gasteiger partial charge in [0.1, 0.15) is 19.1 Å². The molecular weight excluding hydrogens is 583 g/mol. The number of amides is 3. The Hall–Kier alpha value is -4.75. The molecule has 1 fully saturated rings. The number of carbonyl (C=O) groups excluding carboxylic acids is 3. The number of hydrogen-bond donors (Lipinski definition) is 2. The predicted octanol–water partition coefficient (Wildman–Crippen LogP) is 2.36. The number of carbonyl (C=O) groups is 3. The molecule has 1 saturated heterocycles. The summed E-state index contributed by atoms with van der Waals surface area (Å²) in [4.78, 5) is 47.5. The number of benzene rings is 2. The van der Waals surface area contributed by atoms with Crippen molar-refractivity contribution in [3.05, 3.63) is 76.3 Å². The minimum absolute atomic E-state index is 0.136. The normalized spacial score (nSPS) is 14.6. The molecule has 3 N–H and O–H groups in total. The zero-order valence-corrected chi connectivity index (χ0v) is 24.1. The fourth-order valence-electron chi connectivity index (χ4n) is 4.68. The molecule has 2 aromatic heterocycles. The maximum atomic E-state index is 13.7. The van der Waals surface area contributed by atoms with E-state index in [1.54, 1.807) is 73.8 Å². The summed E-state index contributed by atoms with van der Waals surface area (Å²) < 4.78 is 2.99. The van der Waals surface area contributed by atoms with Crippen molar-refractivity contribution in [3.8, 4) is 5.69 Å². The molecule has 15 heteroatoms. The van der Waals surface area contributed by atoms with Crippen molar-refractivity contribution in [2.45, 2.75) is 12.5 Å². The van der Waals surface area contributed by atoms with E-state index in [0.717, 1.165) is 5.56 Å². The second-order valence-corrected chi connectivity index (χ2v) is 10.4. The summed E-state index contributed by atoms with van der Waals surface area (Å²) in [6.45, 7) is -0.679. The lowest BCUT2D eigenvalue weighted by molar-refractivity contribution is -0.143. The zero-order chi connectivity index (χ0) is 30.0. The van der Waals surface area contributed by atoms with Crippen LogP contribution in [0.2, 0.25) is 10.2 Å². The topological polar surface area (TPSA) is 157 Å². The van der Waals surface area contributed by atoms with Gasteiger partial charge in [0.15, 0.2) is 5.15 Å². The smallest absolute Gasteiger partial charge is 0.247 e. The van der Waals surface area contributed by atoms with Crippen LogP contribution in [0.1, 0.15) is 11.1 Å². The number of nitrogens with two attached hydrogens (primary N) is 1. The molecule has 13 nitrogen and oxygen atoms in total. The quantitative estimate of drug-likeness (QED) is 0.229. The van der Waals surface area contributed by atoms with E-state index < -0.39 is 23.8 Å². The highest BCUT2D eigenvalue weighted by Gasteiger charge is 2.39. The third-order valence-corrected chi connectivity index (χ3v) is 7.06. The number of nitrogens with one attached hydrogen (secondary N) is 1. The molecule has 1 aliphatic heterocycles. The van der Waals surface area contributed by atoms with Gasteiger partial charge in [-0.15, -0.1) is 5.10 Å². The van der Waals surface area contributed by atoms with Crippen LogP contribution >= 0.6 is 23.2 Å². The molecule has 3 heterocycles. The van der Waals surface area contributed by atoms with Crippen LogP contribution in [0.3, 0.4) is 0 Å². The van der Waals surface area contributed by atoms with Gasteiger partial charge >= 0.3 is 0 Å². The molecule has 0 radical (unpaired) electrons. The molecule has 0 spiro atoms. The number of hydrogen-bond acceptors (Lipinski definition) is 8. The minimum atomic E-state index is -1.01. The van der Waals surface area contributed by atoms with E-state index in [4.69, 9.17) is 28.9 Å². The molecule has 216 valence electrons. The Bertz CT molecular complexity index is 1700. The number of halogens is 2. The average Bonchev–Trinajstić information content (AvgIpc) is 3.57. The molecule has 0 aliphatic carbocycles. The van der Waals surface area contributed by atoms with Gasteiger partial charge in [0, 0.05) is 54.9 Å². The van der Waals surface area contributed by atoms with Crippen molar-refractivity contribution >= 4 is 64.2 Å². The number of piperazine rings is 1. The lowest BCUT2D eigenvalue weighted by Crippen LogP contribution is -2.60. The molecule has 0 bridgehead atoms. The van der Waals surface area contributed by atoms with Gasteiger partial charge < -0.3 is 16.0 Å². The Balaban J connectivity index is 1.44. The number of anilines is 3. The number of nitrogen functional groups attached to an aromatic ring is 1. The summed E-state index contributed by atoms with van der Waals surface area (Å²) in [5, 5.41) is 15.3. The molecule has 1 unspecified atom stereocenters. The molecule has 4 aromatic rings. The largest absolute Gasteiger partial charge is 0.398 e. The first-order chi connectivity index (χ1) is 20.1. The fraction of sp³-hybridized carbons (Fsp3) is 0.222. The molecule has 2 aromatic carbocycles. The van der Waals surface area contributed by atoms with Gasteiger partial charge in [0.25, 0.3) is 0 Å². The first kappa shape index (κ1) is 28.8. The zero-order valence-electron chi connectivity index (χ0n) is 22.6. The maximum absolute atomic E-state index is 13.7. The Labute approximate surface area is 250 Å². The first-order valence-electron chi connectivity index (χ1n) is 12.7. The van der Waals surface area contributed by atoms with E-state index >= 15 is 0 Å². The molecule has 1 atom stereocenters. The molecule has 0 saturated carbocycles. The summed E-state index contributed by atoms with van der Waals surface area (Å²) >= 11 is 12.2. The van der Waals surface area contributed by atoms with Crippen LogP contribution < -0.4 is 16.0 Å². The number of nitrogens with zero attached hydrogens (tertiary/aromatic N) is 8. The van der Waals surface area contributed by atoms with E-state index in [1.165, 1.54) is 20.7 Å². The van der Waals surface area contributed by atoms with Crippen molar-refractivity contribution in [1.82, 2.24) is 29.7 Å². The van der Waals surface area contributed by atoms with Crippen LogP contribution in [0.25, 0.3) is 5.69 Å². The fourth-order valence-corrected chi connectivity index (χ4v) is 4.97. The third-order valence-electron chi connectivity index (χ3n) is 6.65. The number of aliphatic imine (C=N–C) groups is 1. The van der Waals surface area contributed by atoms with Crippen LogP contribution in [-0.2, 0) is 27.9 Å². The summed E-state index contributed by atoms with van der Waals surface area (Å²) in [5.41, 5.74) is 9.12. The van der Waals surface area contributed by atoms with Crippen LogP contribution in [0.5, 0.6) is 0 Å². The molecule has 1 aliphatic rings. The average molecular weight is 609 g/mol. The van der Waals surface area contributed by atoms with Crippen molar-refractivity contribution < 1.29 is 14.4 Å². The Kier molecular flexibility index (Phi) is 8.22. The van der Waals surface area contributed by atoms with Gasteiger partial charge in [0.05, 0.1) is 23.8 Å². The van der Waals surface area contributed by atoms with Crippen LogP contribution in [0.4, 0.5) is 17.1 Å². The Morgan fingerprint density at radius 1 is 1.12 bits per heavy atom. The lowest BCUT2D eigenvalue weighted by Gasteiger charge is -2.38. The summed E-state index contributed by atoms with van der Waals surface area (Å²) in [7, 11) is 3.37. The molecule has 5 rings (SSSR count). The van der Waals surface area contributed by atoms with Gasteiger partial charge in [-0.3, -0.25) is 29.0 Å². The van der Waals surface area contributed by atoms with Crippen molar-refractivity contribution in [2.75, 3.05) is 36.1 Å². The number of rotatable bonds is 8. The molecule has 3 amide bonds. The van der Waals surface area contributed by atoms with Gasteiger partial charge in [-0.2, -0.15) is 5.10 Å². The summed E-state index contributed by atoms with van der Waals surface area (Å²) in [6.07, 6.45) is 6.56. The van der Waals surface area contributed by atoms with Crippen molar-refractivity contribution in [1.29, 1.82) is 0 Å². The predicted molar refractivity (Wildman–Crippen MR) is 159 cm³/mol. The number of aryl methyl sites for hydroxylation is 1. The van der Waals surface area contributed by atoms with Crippen LogP contribution in [0.15, 0.2) is 60.0 Å². The highest BCUT2D eigenvalue weighted by molar-refractivity contribution is 6.31. The van der Waals surface area contributed by atoms with Gasteiger partial charge in [-0.05, 0) is 42.0 Å².